The number of benzene rings is 1. The van der Waals surface area contributed by atoms with E-state index in [1.807, 2.05) is 19.2 Å². The molecule has 1 unspecified atom stereocenters. The fourth-order valence-electron chi connectivity index (χ4n) is 2.73. The number of aryl methyl sites for hydroxylation is 1. The predicted molar refractivity (Wildman–Crippen MR) is 122 cm³/mol. The lowest BCUT2D eigenvalue weighted by Crippen LogP contribution is -2.49. The highest BCUT2D eigenvalue weighted by atomic mass is 32.2. The Hall–Kier alpha value is -2.43. The van der Waals surface area contributed by atoms with E-state index in [0.717, 1.165) is 11.1 Å². The summed E-state index contributed by atoms with van der Waals surface area (Å²) in [6.45, 7) is 2.00. The van der Waals surface area contributed by atoms with Crippen LogP contribution >= 0.6 is 11.8 Å². The molecule has 0 fully saturated rings. The van der Waals surface area contributed by atoms with E-state index < -0.39 is 22.0 Å². The number of amides is 2. The zero-order chi connectivity index (χ0) is 22.9. The molecule has 0 spiro atoms. The first-order valence-corrected chi connectivity index (χ1v) is 12.6. The first-order chi connectivity index (χ1) is 14.7. The van der Waals surface area contributed by atoms with Crippen LogP contribution in [0.4, 0.5) is 0 Å². The van der Waals surface area contributed by atoms with Crippen LogP contribution in [0.3, 0.4) is 0 Å². The lowest BCUT2D eigenvalue weighted by Gasteiger charge is -2.20. The number of pyridine rings is 1. The van der Waals surface area contributed by atoms with E-state index in [9.17, 15) is 18.0 Å². The van der Waals surface area contributed by atoms with Crippen LogP contribution in [0.1, 0.15) is 17.5 Å². The first-order valence-electron chi connectivity index (χ1n) is 9.71. The quantitative estimate of drug-likeness (QED) is 0.523. The molecule has 0 aliphatic rings. The van der Waals surface area contributed by atoms with Crippen LogP contribution in [-0.4, -0.2) is 61.8 Å². The van der Waals surface area contributed by atoms with E-state index in [1.54, 1.807) is 37.6 Å². The third-order valence-electron chi connectivity index (χ3n) is 4.54. The van der Waals surface area contributed by atoms with E-state index in [0.29, 0.717) is 18.7 Å². The van der Waals surface area contributed by atoms with Crippen molar-refractivity contribution < 1.29 is 18.0 Å². The average molecular weight is 465 g/mol. The smallest absolute Gasteiger partial charge is 0.242 e. The average Bonchev–Trinajstić information content (AvgIpc) is 2.75. The van der Waals surface area contributed by atoms with Gasteiger partial charge in [-0.2, -0.15) is 16.5 Å². The number of nitrogens with zero attached hydrogens (tertiary/aromatic N) is 2. The monoisotopic (exact) mass is 464 g/mol. The lowest BCUT2D eigenvalue weighted by atomic mass is 10.2. The van der Waals surface area contributed by atoms with E-state index >= 15 is 0 Å². The van der Waals surface area contributed by atoms with Gasteiger partial charge in [0.2, 0.25) is 21.8 Å². The van der Waals surface area contributed by atoms with Crippen LogP contribution in [0.5, 0.6) is 0 Å². The Morgan fingerprint density at radius 3 is 2.52 bits per heavy atom. The van der Waals surface area contributed by atoms with Crippen LogP contribution in [0.2, 0.25) is 0 Å². The van der Waals surface area contributed by atoms with Gasteiger partial charge in [0.15, 0.2) is 0 Å². The number of carbonyl (C=O) groups is 2. The Balaban J connectivity index is 1.98. The minimum absolute atomic E-state index is 0.0901. The Morgan fingerprint density at radius 2 is 1.90 bits per heavy atom. The fourth-order valence-corrected chi connectivity index (χ4v) is 4.43. The molecule has 31 heavy (non-hydrogen) atoms. The van der Waals surface area contributed by atoms with Gasteiger partial charge in [0, 0.05) is 26.0 Å². The number of nitrogens with one attached hydrogen (secondary N) is 2. The molecule has 0 aliphatic carbocycles. The van der Waals surface area contributed by atoms with E-state index in [1.165, 1.54) is 28.8 Å². The molecule has 2 rings (SSSR count). The Bertz CT molecular complexity index is 967. The van der Waals surface area contributed by atoms with Crippen LogP contribution in [0.15, 0.2) is 53.7 Å². The summed E-state index contributed by atoms with van der Waals surface area (Å²) in [5, 5.41) is 2.56. The standard InChI is InChI=1S/C21H28N4O4S2/c1-16-6-8-18(9-7-16)31(28,29)24-19(10-12-30-3)21(27)23-14-20(26)25(2)15-17-5-4-11-22-13-17/h4-9,11,13,19,24H,10,12,14-15H2,1-3H3,(H,23,27). The van der Waals surface area contributed by atoms with Gasteiger partial charge in [0.05, 0.1) is 11.4 Å². The van der Waals surface area contributed by atoms with E-state index in [4.69, 9.17) is 0 Å². The zero-order valence-corrected chi connectivity index (χ0v) is 19.5. The molecule has 1 aromatic carbocycles. The highest BCUT2D eigenvalue weighted by Gasteiger charge is 2.26. The summed E-state index contributed by atoms with van der Waals surface area (Å²) in [7, 11) is -2.24. The molecule has 1 aromatic heterocycles. The zero-order valence-electron chi connectivity index (χ0n) is 17.9. The fraction of sp³-hybridized carbons (Fsp3) is 0.381. The topological polar surface area (TPSA) is 108 Å². The number of hydrogen-bond acceptors (Lipinski definition) is 6. The van der Waals surface area contributed by atoms with Gasteiger partial charge in [0.25, 0.3) is 0 Å². The SMILES string of the molecule is CSCCC(NS(=O)(=O)c1ccc(C)cc1)C(=O)NCC(=O)N(C)Cc1cccnc1. The molecule has 0 aliphatic heterocycles. The largest absolute Gasteiger partial charge is 0.346 e. The summed E-state index contributed by atoms with van der Waals surface area (Å²) >= 11 is 1.51. The molecule has 1 heterocycles. The van der Waals surface area contributed by atoms with Crippen molar-refractivity contribution in [3.63, 3.8) is 0 Å². The van der Waals surface area contributed by atoms with Gasteiger partial charge in [-0.1, -0.05) is 23.8 Å². The number of carbonyl (C=O) groups excluding carboxylic acids is 2. The number of rotatable bonds is 11. The van der Waals surface area contributed by atoms with Crippen LogP contribution in [0, 0.1) is 6.92 Å². The molecule has 10 heteroatoms. The lowest BCUT2D eigenvalue weighted by molar-refractivity contribution is -0.132. The van der Waals surface area contributed by atoms with Crippen molar-refractivity contribution in [3.8, 4) is 0 Å². The van der Waals surface area contributed by atoms with Crippen molar-refractivity contribution in [2.75, 3.05) is 25.6 Å². The van der Waals surface area contributed by atoms with Crippen molar-refractivity contribution in [1.29, 1.82) is 0 Å². The van der Waals surface area contributed by atoms with Gasteiger partial charge in [-0.05, 0) is 49.1 Å². The number of thioether (sulfide) groups is 1. The minimum Gasteiger partial charge on any atom is -0.346 e. The minimum atomic E-state index is -3.87. The van der Waals surface area contributed by atoms with Gasteiger partial charge in [-0.25, -0.2) is 8.42 Å². The molecule has 0 bridgehead atoms. The number of aromatic nitrogens is 1. The second-order valence-corrected chi connectivity index (χ2v) is 9.80. The molecular weight excluding hydrogens is 436 g/mol. The predicted octanol–water partition coefficient (Wildman–Crippen LogP) is 1.56. The summed E-state index contributed by atoms with van der Waals surface area (Å²) in [4.78, 5) is 30.6. The molecule has 2 aromatic rings. The second-order valence-electron chi connectivity index (χ2n) is 7.10. The summed E-state index contributed by atoms with van der Waals surface area (Å²) in [6.07, 6.45) is 5.50. The van der Waals surface area contributed by atoms with E-state index in [2.05, 4.69) is 15.0 Å². The Labute approximate surface area is 187 Å². The van der Waals surface area contributed by atoms with Crippen molar-refractivity contribution in [2.45, 2.75) is 30.8 Å². The molecule has 2 N–H and O–H groups in total. The van der Waals surface area contributed by atoms with Crippen LogP contribution in [0.25, 0.3) is 0 Å². The van der Waals surface area contributed by atoms with Gasteiger partial charge in [0.1, 0.15) is 6.04 Å². The third kappa shape index (κ3) is 7.97. The maximum atomic E-state index is 12.7. The first kappa shape index (κ1) is 24.8. The summed E-state index contributed by atoms with van der Waals surface area (Å²) in [6, 6.07) is 9.05. The van der Waals surface area contributed by atoms with Gasteiger partial charge in [-0.15, -0.1) is 0 Å². The van der Waals surface area contributed by atoms with Crippen molar-refractivity contribution in [1.82, 2.24) is 19.9 Å². The summed E-state index contributed by atoms with van der Waals surface area (Å²) in [5.41, 5.74) is 1.80. The number of hydrogen-bond donors (Lipinski definition) is 2. The molecule has 0 radical (unpaired) electrons. The van der Waals surface area contributed by atoms with Gasteiger partial charge in [-0.3, -0.25) is 14.6 Å². The molecule has 1 atom stereocenters. The molecule has 8 nitrogen and oxygen atoms in total. The Kier molecular flexibility index (Phi) is 9.47. The third-order valence-corrected chi connectivity index (χ3v) is 6.67. The molecule has 0 saturated heterocycles. The normalized spacial score (nSPS) is 12.2. The van der Waals surface area contributed by atoms with Crippen LogP contribution in [-0.2, 0) is 26.2 Å². The van der Waals surface area contributed by atoms with Gasteiger partial charge < -0.3 is 10.2 Å². The van der Waals surface area contributed by atoms with Crippen molar-refractivity contribution >= 4 is 33.6 Å². The summed E-state index contributed by atoms with van der Waals surface area (Å²) in [5.74, 6) is -0.237. The number of sulfonamides is 1. The molecular formula is C21H28N4O4S2. The van der Waals surface area contributed by atoms with Crippen molar-refractivity contribution in [3.05, 3.63) is 59.9 Å². The highest BCUT2D eigenvalue weighted by Crippen LogP contribution is 2.12. The second kappa shape index (κ2) is 11.8. The highest BCUT2D eigenvalue weighted by molar-refractivity contribution is 7.98. The van der Waals surface area contributed by atoms with Crippen LogP contribution < -0.4 is 10.0 Å². The molecule has 0 saturated carbocycles. The summed E-state index contributed by atoms with van der Waals surface area (Å²) < 4.78 is 27.9. The molecule has 2 amide bonds. The number of likely N-dealkylation sites (N-methyl/N-ethyl adjacent to an activating group) is 1. The van der Waals surface area contributed by atoms with Gasteiger partial charge >= 0.3 is 0 Å². The molecule has 168 valence electrons. The Morgan fingerprint density at radius 1 is 1.19 bits per heavy atom. The maximum Gasteiger partial charge on any atom is 0.242 e. The maximum absolute atomic E-state index is 12.7. The van der Waals surface area contributed by atoms with Crippen molar-refractivity contribution in [2.24, 2.45) is 0 Å². The van der Waals surface area contributed by atoms with E-state index in [-0.39, 0.29) is 17.3 Å².